The average molecular weight is 408 g/mol. The molecule has 6 nitrogen and oxygen atoms in total. The molecule has 0 saturated heterocycles. The lowest BCUT2D eigenvalue weighted by Gasteiger charge is -2.31. The van der Waals surface area contributed by atoms with Crippen molar-refractivity contribution in [2.75, 3.05) is 6.54 Å². The molecule has 0 bridgehead atoms. The normalized spacial score (nSPS) is 11.8. The predicted octanol–water partition coefficient (Wildman–Crippen LogP) is 4.09. The standard InChI is InChI=1S/C24H29N3O3/c1-4-19(2)27(24(29)22-13-9-15-30-22)18-23(28)26(16-20-10-6-5-7-11-20)17-21-12-8-14-25(21)3/h5-15,19H,4,16-18H2,1-3H3. The Bertz CT molecular complexity index is 947. The van der Waals surface area contributed by atoms with Crippen molar-refractivity contribution in [2.24, 2.45) is 7.05 Å². The van der Waals surface area contributed by atoms with E-state index < -0.39 is 0 Å². The molecule has 3 rings (SSSR count). The number of nitrogens with zero attached hydrogens (tertiary/aromatic N) is 3. The number of furan rings is 1. The molecule has 1 atom stereocenters. The number of hydrogen-bond donors (Lipinski definition) is 0. The maximum absolute atomic E-state index is 13.4. The van der Waals surface area contributed by atoms with E-state index in [1.54, 1.807) is 21.9 Å². The van der Waals surface area contributed by atoms with E-state index in [-0.39, 0.29) is 30.2 Å². The number of hydrogen-bond acceptors (Lipinski definition) is 3. The van der Waals surface area contributed by atoms with Gasteiger partial charge < -0.3 is 18.8 Å². The van der Waals surface area contributed by atoms with Crippen LogP contribution in [0.15, 0.2) is 71.5 Å². The van der Waals surface area contributed by atoms with Crippen molar-refractivity contribution in [1.29, 1.82) is 0 Å². The lowest BCUT2D eigenvalue weighted by molar-refractivity contribution is -0.133. The number of rotatable bonds is 9. The molecule has 1 unspecified atom stereocenters. The Labute approximate surface area is 177 Å². The van der Waals surface area contributed by atoms with Gasteiger partial charge in [-0.2, -0.15) is 0 Å². The predicted molar refractivity (Wildman–Crippen MR) is 116 cm³/mol. The molecule has 0 spiro atoms. The van der Waals surface area contributed by atoms with E-state index in [9.17, 15) is 9.59 Å². The topological polar surface area (TPSA) is 58.7 Å². The summed E-state index contributed by atoms with van der Waals surface area (Å²) in [5.74, 6) is -0.110. The molecular weight excluding hydrogens is 378 g/mol. The average Bonchev–Trinajstić information content (AvgIpc) is 3.43. The van der Waals surface area contributed by atoms with Crippen LogP contribution in [0.25, 0.3) is 0 Å². The SMILES string of the molecule is CCC(C)N(CC(=O)N(Cc1ccccc1)Cc1cccn1C)C(=O)c1ccco1. The fourth-order valence-corrected chi connectivity index (χ4v) is 3.33. The highest BCUT2D eigenvalue weighted by Crippen LogP contribution is 2.15. The fourth-order valence-electron chi connectivity index (χ4n) is 3.33. The number of aryl methyl sites for hydroxylation is 1. The molecule has 0 aliphatic heterocycles. The van der Waals surface area contributed by atoms with E-state index in [4.69, 9.17) is 4.42 Å². The van der Waals surface area contributed by atoms with E-state index in [0.29, 0.717) is 13.1 Å². The number of aromatic nitrogens is 1. The highest BCUT2D eigenvalue weighted by molar-refractivity contribution is 5.94. The zero-order chi connectivity index (χ0) is 21.5. The summed E-state index contributed by atoms with van der Waals surface area (Å²) in [5.41, 5.74) is 2.08. The number of benzene rings is 1. The monoisotopic (exact) mass is 407 g/mol. The molecule has 30 heavy (non-hydrogen) atoms. The first-order chi connectivity index (χ1) is 14.5. The van der Waals surface area contributed by atoms with Crippen LogP contribution in [0, 0.1) is 0 Å². The zero-order valence-corrected chi connectivity index (χ0v) is 17.8. The Balaban J connectivity index is 1.82. The van der Waals surface area contributed by atoms with Gasteiger partial charge in [0.1, 0.15) is 6.54 Å². The summed E-state index contributed by atoms with van der Waals surface area (Å²) in [7, 11) is 1.96. The van der Waals surface area contributed by atoms with Crippen LogP contribution in [0.4, 0.5) is 0 Å². The maximum atomic E-state index is 13.4. The molecule has 3 aromatic rings. The van der Waals surface area contributed by atoms with Gasteiger partial charge in [-0.15, -0.1) is 0 Å². The Morgan fingerprint density at radius 2 is 1.80 bits per heavy atom. The highest BCUT2D eigenvalue weighted by atomic mass is 16.3. The second kappa shape index (κ2) is 9.96. The number of carbonyl (C=O) groups is 2. The van der Waals surface area contributed by atoms with E-state index in [2.05, 4.69) is 0 Å². The van der Waals surface area contributed by atoms with E-state index in [0.717, 1.165) is 17.7 Å². The summed E-state index contributed by atoms with van der Waals surface area (Å²) < 4.78 is 7.30. The fraction of sp³-hybridized carbons (Fsp3) is 0.333. The summed E-state index contributed by atoms with van der Waals surface area (Å²) in [5, 5.41) is 0. The lowest BCUT2D eigenvalue weighted by Crippen LogP contribution is -2.46. The third-order valence-corrected chi connectivity index (χ3v) is 5.39. The molecule has 0 saturated carbocycles. The molecule has 2 amide bonds. The summed E-state index contributed by atoms with van der Waals surface area (Å²) in [6, 6.07) is 17.1. The maximum Gasteiger partial charge on any atom is 0.290 e. The van der Waals surface area contributed by atoms with Crippen LogP contribution >= 0.6 is 0 Å². The zero-order valence-electron chi connectivity index (χ0n) is 17.8. The molecule has 0 radical (unpaired) electrons. The molecule has 0 aliphatic carbocycles. The van der Waals surface area contributed by atoms with Crippen LogP contribution in [-0.2, 0) is 24.9 Å². The summed E-state index contributed by atoms with van der Waals surface area (Å²) >= 11 is 0. The van der Waals surface area contributed by atoms with Crippen molar-refractivity contribution in [2.45, 2.75) is 39.4 Å². The summed E-state index contributed by atoms with van der Waals surface area (Å²) in [6.07, 6.45) is 4.18. The van der Waals surface area contributed by atoms with Crippen LogP contribution in [0.2, 0.25) is 0 Å². The van der Waals surface area contributed by atoms with Crippen LogP contribution in [0.5, 0.6) is 0 Å². The highest BCUT2D eigenvalue weighted by Gasteiger charge is 2.27. The largest absolute Gasteiger partial charge is 0.459 e. The Morgan fingerprint density at radius 3 is 2.40 bits per heavy atom. The van der Waals surface area contributed by atoms with Gasteiger partial charge in [0, 0.05) is 31.5 Å². The number of amides is 2. The van der Waals surface area contributed by atoms with Crippen molar-refractivity contribution in [1.82, 2.24) is 14.4 Å². The van der Waals surface area contributed by atoms with Crippen LogP contribution in [0.3, 0.4) is 0 Å². The smallest absolute Gasteiger partial charge is 0.290 e. The van der Waals surface area contributed by atoms with Crippen molar-refractivity contribution in [3.8, 4) is 0 Å². The molecule has 0 aliphatic rings. The lowest BCUT2D eigenvalue weighted by atomic mass is 10.1. The molecular formula is C24H29N3O3. The minimum absolute atomic E-state index is 0.00575. The Kier molecular flexibility index (Phi) is 7.12. The summed E-state index contributed by atoms with van der Waals surface area (Å²) in [4.78, 5) is 29.7. The third kappa shape index (κ3) is 5.20. The van der Waals surface area contributed by atoms with Gasteiger partial charge in [-0.25, -0.2) is 0 Å². The molecule has 2 heterocycles. The molecule has 0 fully saturated rings. The van der Waals surface area contributed by atoms with E-state index in [1.165, 1.54) is 6.26 Å². The first-order valence-electron chi connectivity index (χ1n) is 10.3. The van der Waals surface area contributed by atoms with Gasteiger partial charge in [0.2, 0.25) is 5.91 Å². The first kappa shape index (κ1) is 21.4. The second-order valence-corrected chi connectivity index (χ2v) is 7.51. The van der Waals surface area contributed by atoms with Crippen LogP contribution < -0.4 is 0 Å². The third-order valence-electron chi connectivity index (χ3n) is 5.39. The van der Waals surface area contributed by atoms with Crippen molar-refractivity contribution in [3.05, 3.63) is 84.1 Å². The van der Waals surface area contributed by atoms with Gasteiger partial charge in [0.15, 0.2) is 5.76 Å². The summed E-state index contributed by atoms with van der Waals surface area (Å²) in [6.45, 7) is 4.91. The molecule has 6 heteroatoms. The molecule has 2 aromatic heterocycles. The van der Waals surface area contributed by atoms with Gasteiger partial charge in [-0.3, -0.25) is 9.59 Å². The Hall–Kier alpha value is -3.28. The van der Waals surface area contributed by atoms with Gasteiger partial charge >= 0.3 is 0 Å². The molecule has 1 aromatic carbocycles. The van der Waals surface area contributed by atoms with Gasteiger partial charge in [-0.05, 0) is 43.2 Å². The minimum Gasteiger partial charge on any atom is -0.459 e. The van der Waals surface area contributed by atoms with E-state index in [1.807, 2.05) is 74.1 Å². The first-order valence-corrected chi connectivity index (χ1v) is 10.3. The van der Waals surface area contributed by atoms with Crippen LogP contribution in [-0.4, -0.2) is 38.8 Å². The van der Waals surface area contributed by atoms with Gasteiger partial charge in [0.05, 0.1) is 12.8 Å². The van der Waals surface area contributed by atoms with Crippen molar-refractivity contribution < 1.29 is 14.0 Å². The van der Waals surface area contributed by atoms with Crippen molar-refractivity contribution >= 4 is 11.8 Å². The quantitative estimate of drug-likeness (QED) is 0.537. The van der Waals surface area contributed by atoms with Crippen LogP contribution in [0.1, 0.15) is 42.1 Å². The Morgan fingerprint density at radius 1 is 1.03 bits per heavy atom. The van der Waals surface area contributed by atoms with Gasteiger partial charge in [0.25, 0.3) is 5.91 Å². The van der Waals surface area contributed by atoms with E-state index >= 15 is 0 Å². The molecule has 158 valence electrons. The van der Waals surface area contributed by atoms with Gasteiger partial charge in [-0.1, -0.05) is 37.3 Å². The minimum atomic E-state index is -0.263. The molecule has 0 N–H and O–H groups in total. The number of carbonyl (C=O) groups excluding carboxylic acids is 2. The second-order valence-electron chi connectivity index (χ2n) is 7.51. The van der Waals surface area contributed by atoms with Crippen molar-refractivity contribution in [3.63, 3.8) is 0 Å².